The molecule has 1 aliphatic rings. The van der Waals surface area contributed by atoms with E-state index in [0.717, 1.165) is 17.5 Å². The molecule has 0 aromatic heterocycles. The lowest BCUT2D eigenvalue weighted by Crippen LogP contribution is -2.28. The maximum absolute atomic E-state index is 12.5. The lowest BCUT2D eigenvalue weighted by molar-refractivity contribution is 0.169. The summed E-state index contributed by atoms with van der Waals surface area (Å²) < 4.78 is 27.5. The first-order chi connectivity index (χ1) is 11.6. The summed E-state index contributed by atoms with van der Waals surface area (Å²) in [4.78, 5) is 0.412. The molecule has 0 heterocycles. The number of aryl methyl sites for hydroxylation is 1. The quantitative estimate of drug-likeness (QED) is 0.847. The highest BCUT2D eigenvalue weighted by Crippen LogP contribution is 2.26. The van der Waals surface area contributed by atoms with Gasteiger partial charge in [-0.2, -0.15) is 0 Å². The van der Waals surface area contributed by atoms with Crippen LogP contribution in [0.3, 0.4) is 0 Å². The van der Waals surface area contributed by atoms with E-state index in [9.17, 15) is 13.5 Å². The Morgan fingerprint density at radius 3 is 2.50 bits per heavy atom. The summed E-state index contributed by atoms with van der Waals surface area (Å²) in [7, 11) is -3.50. The molecule has 0 radical (unpaired) electrons. The van der Waals surface area contributed by atoms with Gasteiger partial charge in [0.15, 0.2) is 0 Å². The van der Waals surface area contributed by atoms with E-state index >= 15 is 0 Å². The van der Waals surface area contributed by atoms with Gasteiger partial charge in [0.25, 0.3) is 0 Å². The van der Waals surface area contributed by atoms with Crippen molar-refractivity contribution in [3.05, 3.63) is 76.2 Å². The molecule has 2 aromatic carbocycles. The van der Waals surface area contributed by atoms with Crippen molar-refractivity contribution < 1.29 is 13.5 Å². The number of allylic oxidation sites excluding steroid dienone is 1. The lowest BCUT2D eigenvalue weighted by Gasteiger charge is -2.17. The number of fused-ring (bicyclic) bond motifs is 1. The van der Waals surface area contributed by atoms with Crippen LogP contribution in [0, 0.1) is 0 Å². The third kappa shape index (κ3) is 3.93. The van der Waals surface area contributed by atoms with Crippen LogP contribution >= 0.6 is 0 Å². The van der Waals surface area contributed by atoms with E-state index in [0.29, 0.717) is 17.7 Å². The molecule has 4 nitrogen and oxygen atoms in total. The number of rotatable bonds is 6. The van der Waals surface area contributed by atoms with Crippen molar-refractivity contribution in [2.75, 3.05) is 6.54 Å². The van der Waals surface area contributed by atoms with Crippen LogP contribution in [0.1, 0.15) is 35.6 Å². The van der Waals surface area contributed by atoms with Gasteiger partial charge in [0.2, 0.25) is 10.0 Å². The zero-order valence-electron chi connectivity index (χ0n) is 13.4. The molecule has 24 heavy (non-hydrogen) atoms. The van der Waals surface area contributed by atoms with Crippen LogP contribution in [-0.4, -0.2) is 20.1 Å². The molecular weight excluding hydrogens is 322 g/mol. The largest absolute Gasteiger partial charge is 0.388 e. The molecule has 2 N–H and O–H groups in total. The van der Waals surface area contributed by atoms with Crippen LogP contribution in [0.4, 0.5) is 0 Å². The fourth-order valence-electron chi connectivity index (χ4n) is 2.88. The molecule has 0 fully saturated rings. The molecule has 0 bridgehead atoms. The van der Waals surface area contributed by atoms with E-state index in [1.165, 1.54) is 5.56 Å². The standard InChI is InChI=1S/C19H21NO3S/c21-19(16-7-2-1-3-8-16)12-13-20-24(22,23)18-11-10-15-6-4-5-9-17(15)14-18/h1-9,14,19-21H,10-13H2. The molecule has 1 aliphatic carbocycles. The molecule has 0 saturated heterocycles. The topological polar surface area (TPSA) is 66.4 Å². The van der Waals surface area contributed by atoms with Gasteiger partial charge in [0.05, 0.1) is 11.0 Å². The van der Waals surface area contributed by atoms with E-state index in [1.807, 2.05) is 54.6 Å². The highest BCUT2D eigenvalue weighted by molar-refractivity contribution is 7.93. The maximum Gasteiger partial charge on any atom is 0.236 e. The summed E-state index contributed by atoms with van der Waals surface area (Å²) in [5.74, 6) is 0. The van der Waals surface area contributed by atoms with Crippen LogP contribution in [0.15, 0.2) is 59.5 Å². The van der Waals surface area contributed by atoms with Crippen LogP contribution in [0.2, 0.25) is 0 Å². The Kier molecular flexibility index (Phi) is 5.14. The highest BCUT2D eigenvalue weighted by atomic mass is 32.2. The summed E-state index contributed by atoms with van der Waals surface area (Å²) >= 11 is 0. The maximum atomic E-state index is 12.5. The van der Waals surface area contributed by atoms with Crippen molar-refractivity contribution in [3.63, 3.8) is 0 Å². The summed E-state index contributed by atoms with van der Waals surface area (Å²) in [6, 6.07) is 17.1. The summed E-state index contributed by atoms with van der Waals surface area (Å²) in [5.41, 5.74) is 2.94. The number of hydrogen-bond acceptors (Lipinski definition) is 3. The van der Waals surface area contributed by atoms with Crippen molar-refractivity contribution in [1.29, 1.82) is 0 Å². The van der Waals surface area contributed by atoms with Crippen molar-refractivity contribution in [1.82, 2.24) is 4.72 Å². The Hall–Kier alpha value is -1.95. The van der Waals surface area contributed by atoms with Gasteiger partial charge >= 0.3 is 0 Å². The van der Waals surface area contributed by atoms with E-state index in [-0.39, 0.29) is 6.54 Å². The first-order valence-corrected chi connectivity index (χ1v) is 9.56. The SMILES string of the molecule is O=S(=O)(NCCC(O)c1ccccc1)C1=Cc2ccccc2CC1. The predicted molar refractivity (Wildman–Crippen MR) is 95.7 cm³/mol. The molecule has 3 rings (SSSR count). The third-order valence-electron chi connectivity index (χ3n) is 4.25. The molecule has 1 unspecified atom stereocenters. The van der Waals surface area contributed by atoms with Crippen molar-refractivity contribution in [3.8, 4) is 0 Å². The summed E-state index contributed by atoms with van der Waals surface area (Å²) in [5, 5.41) is 10.1. The van der Waals surface area contributed by atoms with Gasteiger partial charge in [0.1, 0.15) is 0 Å². The minimum absolute atomic E-state index is 0.206. The van der Waals surface area contributed by atoms with Crippen LogP contribution in [-0.2, 0) is 16.4 Å². The Morgan fingerprint density at radius 1 is 1.00 bits per heavy atom. The average Bonchev–Trinajstić information content (AvgIpc) is 2.62. The van der Waals surface area contributed by atoms with Crippen molar-refractivity contribution >= 4 is 16.1 Å². The molecule has 0 spiro atoms. The highest BCUT2D eigenvalue weighted by Gasteiger charge is 2.21. The Balaban J connectivity index is 1.62. The number of hydrogen-bond donors (Lipinski definition) is 2. The molecule has 126 valence electrons. The average molecular weight is 343 g/mol. The molecule has 0 amide bonds. The second-order valence-corrected chi connectivity index (χ2v) is 7.74. The van der Waals surface area contributed by atoms with E-state index in [4.69, 9.17) is 0 Å². The first kappa shape index (κ1) is 16.9. The number of aliphatic hydroxyl groups is 1. The van der Waals surface area contributed by atoms with Gasteiger partial charge < -0.3 is 5.11 Å². The smallest absolute Gasteiger partial charge is 0.236 e. The fourth-order valence-corrected chi connectivity index (χ4v) is 4.11. The van der Waals surface area contributed by atoms with Crippen molar-refractivity contribution in [2.45, 2.75) is 25.4 Å². The Labute approximate surface area is 142 Å². The molecule has 5 heteroatoms. The van der Waals surface area contributed by atoms with Crippen LogP contribution in [0.5, 0.6) is 0 Å². The molecular formula is C19H21NO3S. The molecule has 2 aromatic rings. The number of aliphatic hydroxyl groups excluding tert-OH is 1. The van der Waals surface area contributed by atoms with Gasteiger partial charge in [0, 0.05) is 6.54 Å². The molecule has 0 aliphatic heterocycles. The lowest BCUT2D eigenvalue weighted by atomic mass is 9.98. The minimum atomic E-state index is -3.50. The van der Waals surface area contributed by atoms with Gasteiger partial charge in [-0.15, -0.1) is 0 Å². The van der Waals surface area contributed by atoms with E-state index in [1.54, 1.807) is 6.08 Å². The van der Waals surface area contributed by atoms with Gasteiger partial charge in [-0.3, -0.25) is 0 Å². The first-order valence-electron chi connectivity index (χ1n) is 8.07. The monoisotopic (exact) mass is 343 g/mol. The zero-order valence-corrected chi connectivity index (χ0v) is 14.2. The summed E-state index contributed by atoms with van der Waals surface area (Å²) in [6.07, 6.45) is 2.65. The third-order valence-corrected chi connectivity index (χ3v) is 5.85. The summed E-state index contributed by atoms with van der Waals surface area (Å²) in [6.45, 7) is 0.206. The molecule has 1 atom stereocenters. The van der Waals surface area contributed by atoms with Gasteiger partial charge in [-0.05, 0) is 42.0 Å². The second kappa shape index (κ2) is 7.30. The van der Waals surface area contributed by atoms with Crippen LogP contribution < -0.4 is 4.72 Å². The fraction of sp³-hybridized carbons (Fsp3) is 0.263. The normalized spacial score (nSPS) is 15.5. The Bertz CT molecular complexity index is 829. The molecule has 0 saturated carbocycles. The number of sulfonamides is 1. The number of nitrogens with one attached hydrogen (secondary N) is 1. The van der Waals surface area contributed by atoms with Crippen LogP contribution in [0.25, 0.3) is 6.08 Å². The predicted octanol–water partition coefficient (Wildman–Crippen LogP) is 3.02. The second-order valence-electron chi connectivity index (χ2n) is 5.92. The van der Waals surface area contributed by atoms with E-state index < -0.39 is 16.1 Å². The van der Waals surface area contributed by atoms with Gasteiger partial charge in [-0.25, -0.2) is 13.1 Å². The zero-order chi connectivity index (χ0) is 17.0. The Morgan fingerprint density at radius 2 is 1.71 bits per heavy atom. The van der Waals surface area contributed by atoms with E-state index in [2.05, 4.69) is 4.72 Å². The van der Waals surface area contributed by atoms with Crippen molar-refractivity contribution in [2.24, 2.45) is 0 Å². The minimum Gasteiger partial charge on any atom is -0.388 e. The number of benzene rings is 2. The van der Waals surface area contributed by atoms with Gasteiger partial charge in [-0.1, -0.05) is 54.6 Å².